The fourth-order valence-corrected chi connectivity index (χ4v) is 5.80. The summed E-state index contributed by atoms with van der Waals surface area (Å²) in [6, 6.07) is 17.4. The van der Waals surface area contributed by atoms with Gasteiger partial charge in [0, 0.05) is 39.4 Å². The van der Waals surface area contributed by atoms with E-state index in [0.717, 1.165) is 58.4 Å². The first kappa shape index (κ1) is 23.1. The van der Waals surface area contributed by atoms with Crippen LogP contribution in [0.2, 0.25) is 0 Å². The molecular weight excluding hydrogens is 458 g/mol. The predicted molar refractivity (Wildman–Crippen MR) is 141 cm³/mol. The number of anilines is 1. The van der Waals surface area contributed by atoms with Gasteiger partial charge in [-0.2, -0.15) is 0 Å². The fourth-order valence-electron chi connectivity index (χ4n) is 4.57. The first-order chi connectivity index (χ1) is 17.1. The van der Waals surface area contributed by atoms with E-state index in [1.165, 1.54) is 4.88 Å². The number of hydrogen-bond acceptors (Lipinski definition) is 5. The van der Waals surface area contributed by atoms with Gasteiger partial charge < -0.3 is 14.6 Å². The summed E-state index contributed by atoms with van der Waals surface area (Å²) in [6.07, 6.45) is 7.83. The molecule has 1 aliphatic rings. The van der Waals surface area contributed by atoms with Crippen LogP contribution in [0.4, 0.5) is 10.7 Å². The van der Waals surface area contributed by atoms with Crippen molar-refractivity contribution in [3.63, 3.8) is 0 Å². The van der Waals surface area contributed by atoms with Crippen molar-refractivity contribution in [2.24, 2.45) is 4.99 Å². The number of amides is 1. The Kier molecular flexibility index (Phi) is 6.77. The van der Waals surface area contributed by atoms with Gasteiger partial charge in [-0.3, -0.25) is 9.59 Å². The number of aryl methyl sites for hydroxylation is 1. The number of hydrogen-bond donors (Lipinski definition) is 1. The summed E-state index contributed by atoms with van der Waals surface area (Å²) in [5.74, 6) is -0.393. The van der Waals surface area contributed by atoms with Crippen molar-refractivity contribution in [2.45, 2.75) is 39.2 Å². The van der Waals surface area contributed by atoms with Crippen LogP contribution in [0.3, 0.4) is 0 Å². The Morgan fingerprint density at radius 2 is 1.86 bits per heavy atom. The Labute approximate surface area is 208 Å². The van der Waals surface area contributed by atoms with Gasteiger partial charge in [0.1, 0.15) is 11.5 Å². The Balaban J connectivity index is 1.50. The largest absolute Gasteiger partial charge is 0.465 e. The molecule has 0 saturated carbocycles. The lowest BCUT2D eigenvalue weighted by atomic mass is 9.95. The first-order valence-corrected chi connectivity index (χ1v) is 12.7. The third-order valence-electron chi connectivity index (χ3n) is 6.16. The molecule has 0 spiro atoms. The van der Waals surface area contributed by atoms with E-state index in [-0.39, 0.29) is 18.4 Å². The maximum Gasteiger partial charge on any atom is 0.325 e. The second-order valence-electron chi connectivity index (χ2n) is 8.50. The maximum absolute atomic E-state index is 13.3. The van der Waals surface area contributed by atoms with Crippen LogP contribution >= 0.6 is 11.3 Å². The van der Waals surface area contributed by atoms with Gasteiger partial charge in [-0.1, -0.05) is 36.4 Å². The number of aromatic nitrogens is 1. The molecule has 0 fully saturated rings. The number of carbonyl (C=O) groups is 2. The minimum atomic E-state index is -0.275. The van der Waals surface area contributed by atoms with Crippen LogP contribution in [0.15, 0.2) is 65.8 Å². The summed E-state index contributed by atoms with van der Waals surface area (Å²) < 4.78 is 7.02. The number of fused-ring (bicyclic) bond motifs is 2. The number of ether oxygens (including phenoxy) is 1. The summed E-state index contributed by atoms with van der Waals surface area (Å²) in [4.78, 5) is 31.5. The molecule has 0 bridgehead atoms. The Hall–Kier alpha value is -3.71. The van der Waals surface area contributed by atoms with Crippen molar-refractivity contribution >= 4 is 51.0 Å². The molecule has 5 rings (SSSR count). The normalized spacial score (nSPS) is 13.2. The quantitative estimate of drug-likeness (QED) is 0.252. The molecule has 0 radical (unpaired) electrons. The van der Waals surface area contributed by atoms with Gasteiger partial charge in [0.15, 0.2) is 0 Å². The SMILES string of the molecule is CCOC(=O)Cn1cc(C=Nc2sc3c(c2C(=O)Nc2ccccc2)CCCC3)c2ccccc21. The number of para-hydroxylation sites is 2. The molecule has 0 aliphatic heterocycles. The molecule has 0 saturated heterocycles. The third-order valence-corrected chi connectivity index (χ3v) is 7.36. The van der Waals surface area contributed by atoms with Crippen LogP contribution < -0.4 is 5.32 Å². The van der Waals surface area contributed by atoms with E-state index in [4.69, 9.17) is 9.73 Å². The average molecular weight is 486 g/mol. The van der Waals surface area contributed by atoms with E-state index in [0.29, 0.717) is 12.2 Å². The van der Waals surface area contributed by atoms with E-state index >= 15 is 0 Å². The fraction of sp³-hybridized carbons (Fsp3) is 0.250. The topological polar surface area (TPSA) is 72.7 Å². The molecule has 0 unspecified atom stereocenters. The van der Waals surface area contributed by atoms with Crippen molar-refractivity contribution < 1.29 is 14.3 Å². The highest BCUT2D eigenvalue weighted by molar-refractivity contribution is 7.16. The van der Waals surface area contributed by atoms with Crippen LogP contribution in [0, 0.1) is 0 Å². The average Bonchev–Trinajstić information content (AvgIpc) is 3.41. The van der Waals surface area contributed by atoms with Crippen LogP contribution in [0.25, 0.3) is 10.9 Å². The summed E-state index contributed by atoms with van der Waals surface area (Å²) in [6.45, 7) is 2.29. The molecule has 1 N–H and O–H groups in total. The van der Waals surface area contributed by atoms with E-state index in [1.807, 2.05) is 65.4 Å². The molecule has 6 nitrogen and oxygen atoms in total. The van der Waals surface area contributed by atoms with Crippen LogP contribution in [-0.4, -0.2) is 29.3 Å². The number of benzene rings is 2. The molecule has 1 amide bonds. The lowest BCUT2D eigenvalue weighted by molar-refractivity contribution is -0.143. The highest BCUT2D eigenvalue weighted by Gasteiger charge is 2.25. The monoisotopic (exact) mass is 485 g/mol. The second kappa shape index (κ2) is 10.3. The van der Waals surface area contributed by atoms with Crippen LogP contribution in [-0.2, 0) is 28.9 Å². The van der Waals surface area contributed by atoms with Crippen LogP contribution in [0.1, 0.15) is 46.1 Å². The Bertz CT molecular complexity index is 1400. The third kappa shape index (κ3) is 4.91. The van der Waals surface area contributed by atoms with Gasteiger partial charge in [-0.25, -0.2) is 4.99 Å². The molecule has 2 aromatic carbocycles. The summed E-state index contributed by atoms with van der Waals surface area (Å²) in [5.41, 5.74) is 4.41. The minimum absolute atomic E-state index is 0.118. The van der Waals surface area contributed by atoms with Gasteiger partial charge in [0.25, 0.3) is 5.91 Å². The Morgan fingerprint density at radius 3 is 2.69 bits per heavy atom. The highest BCUT2D eigenvalue weighted by atomic mass is 32.1. The van der Waals surface area contributed by atoms with Gasteiger partial charge in [0.05, 0.1) is 12.2 Å². The molecule has 2 aromatic heterocycles. The van der Waals surface area contributed by atoms with Crippen molar-refractivity contribution in [2.75, 3.05) is 11.9 Å². The van der Waals surface area contributed by atoms with Gasteiger partial charge in [0.2, 0.25) is 0 Å². The van der Waals surface area contributed by atoms with Crippen molar-refractivity contribution in [1.82, 2.24) is 4.57 Å². The zero-order chi connectivity index (χ0) is 24.2. The highest BCUT2D eigenvalue weighted by Crippen LogP contribution is 2.40. The van der Waals surface area contributed by atoms with Gasteiger partial charge in [-0.15, -0.1) is 11.3 Å². The molecule has 178 valence electrons. The lowest BCUT2D eigenvalue weighted by Gasteiger charge is -2.12. The molecular formula is C28H27N3O3S. The van der Waals surface area contributed by atoms with E-state index in [2.05, 4.69) is 5.32 Å². The standard InChI is InChI=1S/C28H27N3O3S/c1-2-34-25(32)18-31-17-19(21-12-6-8-14-23(21)31)16-29-28-26(22-13-7-9-15-24(22)35-28)27(33)30-20-10-4-3-5-11-20/h3-6,8,10-12,14,16-17H,2,7,9,13,15,18H2,1H3,(H,30,33). The summed E-state index contributed by atoms with van der Waals surface area (Å²) >= 11 is 1.61. The van der Waals surface area contributed by atoms with Gasteiger partial charge in [-0.05, 0) is 56.4 Å². The molecule has 0 atom stereocenters. The zero-order valence-electron chi connectivity index (χ0n) is 19.6. The summed E-state index contributed by atoms with van der Waals surface area (Å²) in [7, 11) is 0. The Morgan fingerprint density at radius 1 is 1.09 bits per heavy atom. The number of thiophene rings is 1. The molecule has 7 heteroatoms. The second-order valence-corrected chi connectivity index (χ2v) is 9.59. The van der Waals surface area contributed by atoms with E-state index < -0.39 is 0 Å². The number of aliphatic imine (C=N–C) groups is 1. The van der Waals surface area contributed by atoms with Gasteiger partial charge >= 0.3 is 5.97 Å². The minimum Gasteiger partial charge on any atom is -0.465 e. The number of carbonyl (C=O) groups excluding carboxylic acids is 2. The predicted octanol–water partition coefficient (Wildman–Crippen LogP) is 6.15. The zero-order valence-corrected chi connectivity index (χ0v) is 20.4. The van der Waals surface area contributed by atoms with Crippen molar-refractivity contribution in [3.05, 3.63) is 82.4 Å². The number of nitrogens with zero attached hydrogens (tertiary/aromatic N) is 2. The van der Waals surface area contributed by atoms with E-state index in [1.54, 1.807) is 24.5 Å². The van der Waals surface area contributed by atoms with E-state index in [9.17, 15) is 9.59 Å². The first-order valence-electron chi connectivity index (χ1n) is 11.9. The summed E-state index contributed by atoms with van der Waals surface area (Å²) in [5, 5.41) is 4.77. The number of nitrogens with one attached hydrogen (secondary N) is 1. The molecule has 2 heterocycles. The smallest absolute Gasteiger partial charge is 0.325 e. The van der Waals surface area contributed by atoms with Crippen molar-refractivity contribution in [3.8, 4) is 0 Å². The molecule has 35 heavy (non-hydrogen) atoms. The number of esters is 1. The maximum atomic E-state index is 13.3. The molecule has 1 aliphatic carbocycles. The lowest BCUT2D eigenvalue weighted by Crippen LogP contribution is -2.14. The molecule has 4 aromatic rings. The van der Waals surface area contributed by atoms with Crippen molar-refractivity contribution in [1.29, 1.82) is 0 Å². The van der Waals surface area contributed by atoms with Crippen LogP contribution in [0.5, 0.6) is 0 Å². The number of rotatable bonds is 7.